The predicted octanol–water partition coefficient (Wildman–Crippen LogP) is 3.25. The monoisotopic (exact) mass is 312 g/mol. The lowest BCUT2D eigenvalue weighted by Gasteiger charge is -2.05. The first-order chi connectivity index (χ1) is 11.2. The van der Waals surface area contributed by atoms with Crippen molar-refractivity contribution in [3.05, 3.63) is 59.7 Å². The zero-order chi connectivity index (χ0) is 16.5. The second kappa shape index (κ2) is 8.58. The maximum Gasteiger partial charge on any atom is 0.271 e. The highest BCUT2D eigenvalue weighted by atomic mass is 16.5. The first-order valence-corrected chi connectivity index (χ1v) is 7.43. The van der Waals surface area contributed by atoms with E-state index in [1.165, 1.54) is 0 Å². The third-order valence-electron chi connectivity index (χ3n) is 3.04. The summed E-state index contributed by atoms with van der Waals surface area (Å²) in [4.78, 5) is 12.0. The summed E-state index contributed by atoms with van der Waals surface area (Å²) in [5, 5.41) is 3.97. The maximum absolute atomic E-state index is 12.0. The van der Waals surface area contributed by atoms with Crippen LogP contribution in [0.3, 0.4) is 0 Å². The Labute approximate surface area is 135 Å². The number of rotatable bonds is 7. The van der Waals surface area contributed by atoms with E-state index in [4.69, 9.17) is 9.47 Å². The molecule has 0 atom stereocenters. The van der Waals surface area contributed by atoms with E-state index in [0.29, 0.717) is 17.9 Å². The van der Waals surface area contributed by atoms with Crippen molar-refractivity contribution in [1.82, 2.24) is 5.43 Å². The zero-order valence-electron chi connectivity index (χ0n) is 13.3. The zero-order valence-corrected chi connectivity index (χ0v) is 13.3. The summed E-state index contributed by atoms with van der Waals surface area (Å²) in [7, 11) is 1.56. The minimum atomic E-state index is -0.293. The summed E-state index contributed by atoms with van der Waals surface area (Å²) < 4.78 is 10.6. The second-order valence-corrected chi connectivity index (χ2v) is 4.85. The van der Waals surface area contributed by atoms with Crippen molar-refractivity contribution in [1.29, 1.82) is 0 Å². The molecule has 0 saturated heterocycles. The van der Waals surface area contributed by atoms with Crippen LogP contribution in [0.2, 0.25) is 0 Å². The lowest BCUT2D eigenvalue weighted by Crippen LogP contribution is -2.17. The summed E-state index contributed by atoms with van der Waals surface area (Å²) in [6.07, 6.45) is 2.53. The number of nitrogens with one attached hydrogen (secondary N) is 1. The number of carbonyl (C=O) groups excluding carboxylic acids is 1. The number of hydrogen-bond donors (Lipinski definition) is 1. The molecule has 0 aliphatic heterocycles. The van der Waals surface area contributed by atoms with Gasteiger partial charge in [-0.3, -0.25) is 4.79 Å². The Balaban J connectivity index is 1.96. The summed E-state index contributed by atoms with van der Waals surface area (Å²) in [6.45, 7) is 2.73. The van der Waals surface area contributed by atoms with E-state index >= 15 is 0 Å². The van der Waals surface area contributed by atoms with Crippen molar-refractivity contribution >= 4 is 12.1 Å². The first kappa shape index (κ1) is 16.5. The van der Waals surface area contributed by atoms with Crippen molar-refractivity contribution in [2.45, 2.75) is 13.3 Å². The van der Waals surface area contributed by atoms with Crippen LogP contribution in [0.5, 0.6) is 11.5 Å². The minimum absolute atomic E-state index is 0.293. The average molecular weight is 312 g/mol. The fourth-order valence-corrected chi connectivity index (χ4v) is 1.90. The Morgan fingerprint density at radius 2 is 1.96 bits per heavy atom. The molecule has 0 saturated carbocycles. The van der Waals surface area contributed by atoms with Crippen LogP contribution in [0.25, 0.3) is 0 Å². The third kappa shape index (κ3) is 5.14. The van der Waals surface area contributed by atoms with Gasteiger partial charge >= 0.3 is 0 Å². The van der Waals surface area contributed by atoms with Crippen LogP contribution in [0, 0.1) is 0 Å². The molecule has 5 nitrogen and oxygen atoms in total. The maximum atomic E-state index is 12.0. The van der Waals surface area contributed by atoms with Gasteiger partial charge in [0, 0.05) is 5.56 Å². The lowest BCUT2D eigenvalue weighted by molar-refractivity contribution is 0.0955. The molecular weight excluding hydrogens is 292 g/mol. The number of hydrazone groups is 1. The normalized spacial score (nSPS) is 10.5. The van der Waals surface area contributed by atoms with E-state index < -0.39 is 0 Å². The smallest absolute Gasteiger partial charge is 0.271 e. The Morgan fingerprint density at radius 3 is 2.74 bits per heavy atom. The lowest BCUT2D eigenvalue weighted by atomic mass is 10.2. The van der Waals surface area contributed by atoms with Crippen LogP contribution in [-0.2, 0) is 0 Å². The molecule has 0 unspecified atom stereocenters. The van der Waals surface area contributed by atoms with Gasteiger partial charge in [0.05, 0.1) is 19.9 Å². The molecule has 0 radical (unpaired) electrons. The molecule has 1 N–H and O–H groups in total. The van der Waals surface area contributed by atoms with E-state index in [9.17, 15) is 4.79 Å². The Morgan fingerprint density at radius 1 is 1.17 bits per heavy atom. The van der Waals surface area contributed by atoms with Gasteiger partial charge in [0.15, 0.2) is 0 Å². The van der Waals surface area contributed by atoms with E-state index in [2.05, 4.69) is 17.5 Å². The topological polar surface area (TPSA) is 59.9 Å². The van der Waals surface area contributed by atoms with Crippen LogP contribution >= 0.6 is 0 Å². The van der Waals surface area contributed by atoms with Crippen molar-refractivity contribution in [3.8, 4) is 11.5 Å². The Kier molecular flexibility index (Phi) is 6.17. The van der Waals surface area contributed by atoms with Gasteiger partial charge in [-0.1, -0.05) is 25.1 Å². The molecule has 0 heterocycles. The molecule has 2 aromatic carbocycles. The average Bonchev–Trinajstić information content (AvgIpc) is 2.60. The van der Waals surface area contributed by atoms with Crippen LogP contribution < -0.4 is 14.9 Å². The fraction of sp³-hybridized carbons (Fsp3) is 0.222. The minimum Gasteiger partial charge on any atom is -0.497 e. The molecule has 0 fully saturated rings. The molecule has 23 heavy (non-hydrogen) atoms. The van der Waals surface area contributed by atoms with Gasteiger partial charge in [-0.2, -0.15) is 5.10 Å². The second-order valence-electron chi connectivity index (χ2n) is 4.85. The van der Waals surface area contributed by atoms with Crippen LogP contribution in [0.4, 0.5) is 0 Å². The Bertz CT molecular complexity index is 683. The van der Waals surface area contributed by atoms with Gasteiger partial charge in [-0.25, -0.2) is 5.43 Å². The van der Waals surface area contributed by atoms with Crippen molar-refractivity contribution in [3.63, 3.8) is 0 Å². The van der Waals surface area contributed by atoms with Gasteiger partial charge in [0.1, 0.15) is 11.5 Å². The molecular formula is C18H20N2O3. The quantitative estimate of drug-likeness (QED) is 0.630. The predicted molar refractivity (Wildman–Crippen MR) is 90.3 cm³/mol. The van der Waals surface area contributed by atoms with Crippen LogP contribution in [0.15, 0.2) is 53.6 Å². The summed E-state index contributed by atoms with van der Waals surface area (Å²) in [6, 6.07) is 14.4. The highest BCUT2D eigenvalue weighted by Crippen LogP contribution is 2.13. The van der Waals surface area contributed by atoms with Gasteiger partial charge in [0.25, 0.3) is 5.91 Å². The van der Waals surface area contributed by atoms with Gasteiger partial charge in [-0.15, -0.1) is 0 Å². The standard InChI is InChI=1S/C18H20N2O3/c1-3-10-23-17-9-4-6-14(11-17)13-19-20-18(21)15-7-5-8-16(12-15)22-2/h4-9,11-13H,3,10H2,1-2H3,(H,20,21)/b19-13+. The fourth-order valence-electron chi connectivity index (χ4n) is 1.90. The van der Waals surface area contributed by atoms with Crippen molar-refractivity contribution < 1.29 is 14.3 Å². The molecule has 2 rings (SSSR count). The molecule has 0 bridgehead atoms. The molecule has 120 valence electrons. The Hall–Kier alpha value is -2.82. The van der Waals surface area contributed by atoms with Gasteiger partial charge in [0.2, 0.25) is 0 Å². The van der Waals surface area contributed by atoms with Gasteiger partial charge < -0.3 is 9.47 Å². The molecule has 1 amide bonds. The SMILES string of the molecule is CCCOc1cccc(/C=N/NC(=O)c2cccc(OC)c2)c1. The molecule has 0 aromatic heterocycles. The number of benzene rings is 2. The van der Waals surface area contributed by atoms with Gasteiger partial charge in [-0.05, 0) is 42.3 Å². The third-order valence-corrected chi connectivity index (χ3v) is 3.04. The van der Waals surface area contributed by atoms with E-state index in [-0.39, 0.29) is 5.91 Å². The molecule has 0 spiro atoms. The molecule has 2 aromatic rings. The highest BCUT2D eigenvalue weighted by molar-refractivity contribution is 5.95. The number of nitrogens with zero attached hydrogens (tertiary/aromatic N) is 1. The molecule has 0 aliphatic rings. The number of methoxy groups -OCH3 is 1. The first-order valence-electron chi connectivity index (χ1n) is 7.43. The van der Waals surface area contributed by atoms with Crippen molar-refractivity contribution in [2.75, 3.05) is 13.7 Å². The van der Waals surface area contributed by atoms with Crippen molar-refractivity contribution in [2.24, 2.45) is 5.10 Å². The number of amides is 1. The van der Waals surface area contributed by atoms with E-state index in [1.54, 1.807) is 37.6 Å². The molecule has 0 aliphatic carbocycles. The van der Waals surface area contributed by atoms with Crippen LogP contribution in [-0.4, -0.2) is 25.8 Å². The van der Waals surface area contributed by atoms with E-state index in [0.717, 1.165) is 17.7 Å². The summed E-state index contributed by atoms with van der Waals surface area (Å²) in [5.74, 6) is 1.12. The summed E-state index contributed by atoms with van der Waals surface area (Å²) >= 11 is 0. The number of carbonyl (C=O) groups is 1. The number of hydrogen-bond acceptors (Lipinski definition) is 4. The molecule has 5 heteroatoms. The van der Waals surface area contributed by atoms with E-state index in [1.807, 2.05) is 24.3 Å². The largest absolute Gasteiger partial charge is 0.497 e. The number of ether oxygens (including phenoxy) is 2. The highest BCUT2D eigenvalue weighted by Gasteiger charge is 2.04. The van der Waals surface area contributed by atoms with Crippen LogP contribution in [0.1, 0.15) is 29.3 Å². The summed E-state index contributed by atoms with van der Waals surface area (Å²) in [5.41, 5.74) is 3.83.